The zero-order chi connectivity index (χ0) is 20.0. The Morgan fingerprint density at radius 3 is 2.74 bits per heavy atom. The van der Waals surface area contributed by atoms with Gasteiger partial charge in [-0.1, -0.05) is 32.6 Å². The van der Waals surface area contributed by atoms with Gasteiger partial charge in [-0.3, -0.25) is 4.79 Å². The lowest BCUT2D eigenvalue weighted by atomic mass is 10.0. The number of phenols is 1. The predicted molar refractivity (Wildman–Crippen MR) is 111 cm³/mol. The van der Waals surface area contributed by atoms with Gasteiger partial charge in [0.2, 0.25) is 5.91 Å². The van der Waals surface area contributed by atoms with Crippen molar-refractivity contribution in [1.82, 2.24) is 9.88 Å². The van der Waals surface area contributed by atoms with Crippen LogP contribution in [0.2, 0.25) is 0 Å². The van der Waals surface area contributed by atoms with Crippen molar-refractivity contribution >= 4 is 23.5 Å². The second-order valence-corrected chi connectivity index (χ2v) is 6.18. The zero-order valence-corrected chi connectivity index (χ0v) is 15.9. The first-order chi connectivity index (χ1) is 13.0. The number of nitrogen functional groups attached to an aromatic ring is 1. The van der Waals surface area contributed by atoms with Gasteiger partial charge in [0.05, 0.1) is 0 Å². The van der Waals surface area contributed by atoms with Crippen molar-refractivity contribution in [1.29, 1.82) is 0 Å². The SMILES string of the molecule is C=CC(=O)N1CCC(c2cc(/C=C(\N)c3ccccc3O)c(N)[nH]2)C1.CC. The summed E-state index contributed by atoms with van der Waals surface area (Å²) in [5.74, 6) is 0.799. The maximum Gasteiger partial charge on any atom is 0.245 e. The van der Waals surface area contributed by atoms with Crippen LogP contribution in [-0.4, -0.2) is 34.0 Å². The Labute approximate surface area is 160 Å². The Bertz CT molecular complexity index is 838. The number of amides is 1. The summed E-state index contributed by atoms with van der Waals surface area (Å²) in [6.45, 7) is 8.88. The largest absolute Gasteiger partial charge is 0.507 e. The highest BCUT2D eigenvalue weighted by atomic mass is 16.3. The lowest BCUT2D eigenvalue weighted by Crippen LogP contribution is -2.26. The van der Waals surface area contributed by atoms with Crippen LogP contribution in [0.25, 0.3) is 11.8 Å². The molecule has 1 saturated heterocycles. The van der Waals surface area contributed by atoms with E-state index in [0.29, 0.717) is 30.2 Å². The molecular formula is C21H28N4O2. The molecule has 0 bridgehead atoms. The van der Waals surface area contributed by atoms with Gasteiger partial charge in [-0.15, -0.1) is 0 Å². The van der Waals surface area contributed by atoms with Crippen LogP contribution in [0.1, 0.15) is 43.0 Å². The molecule has 2 aromatic rings. The Hall–Kier alpha value is -3.15. The molecule has 0 aliphatic carbocycles. The predicted octanol–water partition coefficient (Wildman–Crippen LogP) is 3.29. The molecule has 0 saturated carbocycles. The normalized spacial score (nSPS) is 16.6. The highest BCUT2D eigenvalue weighted by Crippen LogP contribution is 2.31. The summed E-state index contributed by atoms with van der Waals surface area (Å²) in [7, 11) is 0. The monoisotopic (exact) mass is 368 g/mol. The number of likely N-dealkylation sites (tertiary alicyclic amines) is 1. The third-order valence-electron chi connectivity index (χ3n) is 4.54. The Morgan fingerprint density at radius 2 is 2.07 bits per heavy atom. The number of carbonyl (C=O) groups is 1. The molecule has 1 unspecified atom stereocenters. The zero-order valence-electron chi connectivity index (χ0n) is 15.9. The molecule has 2 heterocycles. The topological polar surface area (TPSA) is 108 Å². The van der Waals surface area contributed by atoms with E-state index in [2.05, 4.69) is 11.6 Å². The summed E-state index contributed by atoms with van der Waals surface area (Å²) < 4.78 is 0. The van der Waals surface area contributed by atoms with E-state index < -0.39 is 0 Å². The van der Waals surface area contributed by atoms with E-state index in [1.807, 2.05) is 26.0 Å². The summed E-state index contributed by atoms with van der Waals surface area (Å²) in [6.07, 6.45) is 3.95. The Balaban J connectivity index is 0.00000126. The molecular weight excluding hydrogens is 340 g/mol. The smallest absolute Gasteiger partial charge is 0.245 e. The van der Waals surface area contributed by atoms with Gasteiger partial charge in [0.25, 0.3) is 0 Å². The fourth-order valence-corrected chi connectivity index (χ4v) is 3.15. The lowest BCUT2D eigenvalue weighted by molar-refractivity contribution is -0.125. The summed E-state index contributed by atoms with van der Waals surface area (Å²) in [6, 6.07) is 8.84. The van der Waals surface area contributed by atoms with Crippen molar-refractivity contribution in [3.05, 3.63) is 59.8 Å². The van der Waals surface area contributed by atoms with Crippen molar-refractivity contribution in [2.45, 2.75) is 26.2 Å². The quantitative estimate of drug-likeness (QED) is 0.621. The Morgan fingerprint density at radius 1 is 1.37 bits per heavy atom. The maximum absolute atomic E-state index is 11.7. The van der Waals surface area contributed by atoms with E-state index in [-0.39, 0.29) is 17.6 Å². The average Bonchev–Trinajstić information content (AvgIpc) is 3.30. The minimum Gasteiger partial charge on any atom is -0.507 e. The van der Waals surface area contributed by atoms with Crippen LogP contribution in [-0.2, 0) is 4.79 Å². The van der Waals surface area contributed by atoms with E-state index in [1.54, 1.807) is 29.2 Å². The van der Waals surface area contributed by atoms with Crippen LogP contribution in [0.15, 0.2) is 43.0 Å². The molecule has 0 radical (unpaired) electrons. The fraction of sp³-hybridized carbons (Fsp3) is 0.286. The molecule has 1 aromatic heterocycles. The van der Waals surface area contributed by atoms with E-state index >= 15 is 0 Å². The number of nitrogens with one attached hydrogen (secondary N) is 1. The van der Waals surface area contributed by atoms with Crippen molar-refractivity contribution in [2.75, 3.05) is 18.8 Å². The number of para-hydroxylation sites is 1. The molecule has 1 amide bonds. The first-order valence-corrected chi connectivity index (χ1v) is 9.15. The number of hydrogen-bond donors (Lipinski definition) is 4. The third-order valence-corrected chi connectivity index (χ3v) is 4.54. The van der Waals surface area contributed by atoms with Gasteiger partial charge in [0, 0.05) is 41.5 Å². The van der Waals surface area contributed by atoms with Crippen LogP contribution < -0.4 is 11.5 Å². The maximum atomic E-state index is 11.7. The minimum absolute atomic E-state index is 0.0501. The molecule has 1 atom stereocenters. The molecule has 1 fully saturated rings. The highest BCUT2D eigenvalue weighted by molar-refractivity contribution is 5.87. The number of carbonyl (C=O) groups excluding carboxylic acids is 1. The fourth-order valence-electron chi connectivity index (χ4n) is 3.15. The van der Waals surface area contributed by atoms with Crippen LogP contribution >= 0.6 is 0 Å². The summed E-state index contributed by atoms with van der Waals surface area (Å²) in [5, 5.41) is 9.91. The number of H-pyrrole nitrogens is 1. The number of rotatable bonds is 4. The molecule has 6 nitrogen and oxygen atoms in total. The molecule has 1 aliphatic rings. The number of aromatic nitrogens is 1. The molecule has 0 spiro atoms. The van der Waals surface area contributed by atoms with Gasteiger partial charge in [-0.2, -0.15) is 0 Å². The number of aromatic amines is 1. The second-order valence-electron chi connectivity index (χ2n) is 6.18. The summed E-state index contributed by atoms with van der Waals surface area (Å²) in [4.78, 5) is 16.7. The number of nitrogens with zero attached hydrogens (tertiary/aromatic N) is 1. The summed E-state index contributed by atoms with van der Waals surface area (Å²) >= 11 is 0. The van der Waals surface area contributed by atoms with Crippen LogP contribution in [0.5, 0.6) is 5.75 Å². The van der Waals surface area contributed by atoms with Gasteiger partial charge >= 0.3 is 0 Å². The van der Waals surface area contributed by atoms with E-state index in [4.69, 9.17) is 11.5 Å². The van der Waals surface area contributed by atoms with Crippen molar-refractivity contribution in [3.63, 3.8) is 0 Å². The van der Waals surface area contributed by atoms with Crippen molar-refractivity contribution in [2.24, 2.45) is 5.73 Å². The van der Waals surface area contributed by atoms with E-state index in [1.165, 1.54) is 6.08 Å². The van der Waals surface area contributed by atoms with Gasteiger partial charge in [-0.05, 0) is 36.8 Å². The van der Waals surface area contributed by atoms with Gasteiger partial charge in [0.15, 0.2) is 0 Å². The molecule has 1 aromatic carbocycles. The number of nitrogens with two attached hydrogens (primary N) is 2. The molecule has 6 heteroatoms. The molecule has 6 N–H and O–H groups in total. The van der Waals surface area contributed by atoms with Crippen molar-refractivity contribution in [3.8, 4) is 5.75 Å². The lowest BCUT2D eigenvalue weighted by Gasteiger charge is -2.13. The first kappa shape index (κ1) is 20.2. The van der Waals surface area contributed by atoms with Gasteiger partial charge in [0.1, 0.15) is 11.6 Å². The number of benzene rings is 1. The van der Waals surface area contributed by atoms with Crippen molar-refractivity contribution < 1.29 is 9.90 Å². The number of anilines is 1. The van der Waals surface area contributed by atoms with Crippen LogP contribution in [0, 0.1) is 0 Å². The van der Waals surface area contributed by atoms with Crippen LogP contribution in [0.4, 0.5) is 5.82 Å². The standard InChI is InChI=1S/C19H22N4O2.C2H6/c1-2-18(25)23-8-7-12(11-23)16-10-13(19(21)22-16)9-15(20)14-5-3-4-6-17(14)24;1-2/h2-6,9-10,12,22,24H,1,7-8,11,20-21H2;1-2H3/b15-9-;. The molecule has 27 heavy (non-hydrogen) atoms. The average molecular weight is 368 g/mol. The molecule has 1 aliphatic heterocycles. The number of hydrogen-bond acceptors (Lipinski definition) is 4. The third kappa shape index (κ3) is 4.53. The van der Waals surface area contributed by atoms with Crippen LogP contribution in [0.3, 0.4) is 0 Å². The summed E-state index contributed by atoms with van der Waals surface area (Å²) in [5.41, 5.74) is 14.9. The Kier molecular flexibility index (Phi) is 6.71. The van der Waals surface area contributed by atoms with E-state index in [9.17, 15) is 9.90 Å². The number of aromatic hydroxyl groups is 1. The molecule has 3 rings (SSSR count). The molecule has 144 valence electrons. The minimum atomic E-state index is -0.0501. The van der Waals surface area contributed by atoms with E-state index in [0.717, 1.165) is 17.7 Å². The van der Waals surface area contributed by atoms with Gasteiger partial charge in [-0.25, -0.2) is 0 Å². The van der Waals surface area contributed by atoms with Gasteiger partial charge < -0.3 is 26.5 Å². The first-order valence-electron chi connectivity index (χ1n) is 9.15. The highest BCUT2D eigenvalue weighted by Gasteiger charge is 2.27. The second kappa shape index (κ2) is 8.98. The number of phenolic OH excluding ortho intramolecular Hbond substituents is 1.